The van der Waals surface area contributed by atoms with E-state index in [1.54, 1.807) is 48.5 Å². The predicted molar refractivity (Wildman–Crippen MR) is 344 cm³/mol. The molecule has 0 N–H and O–H groups in total. The van der Waals surface area contributed by atoms with Gasteiger partial charge in [-0.15, -0.1) is 0 Å². The van der Waals surface area contributed by atoms with Gasteiger partial charge in [0.2, 0.25) is 0 Å². The molecule has 0 spiro atoms. The molecule has 0 saturated heterocycles. The Hall–Kier alpha value is -0.490. The van der Waals surface area contributed by atoms with E-state index in [1.807, 2.05) is 55.4 Å². The Morgan fingerprint density at radius 2 is 0.500 bits per heavy atom. The summed E-state index contributed by atoms with van der Waals surface area (Å²) in [6.07, 6.45) is 17.6. The molecule has 0 aromatic rings. The monoisotopic (exact) mass is 1140 g/mol. The van der Waals surface area contributed by atoms with Crippen molar-refractivity contribution in [2.24, 2.45) is 58.2 Å². The van der Waals surface area contributed by atoms with Crippen LogP contribution < -0.4 is 0 Å². The molecule has 6 unspecified atom stereocenters. The molecule has 0 saturated carbocycles. The van der Waals surface area contributed by atoms with Crippen molar-refractivity contribution in [2.75, 3.05) is 0 Å². The Kier molecular flexibility index (Phi) is 52.6. The zero-order valence-electron chi connectivity index (χ0n) is 59.6. The molecule has 0 heterocycles. The second-order valence-electron chi connectivity index (χ2n) is 27.3. The average molecular weight is 1140 g/mol. The van der Waals surface area contributed by atoms with Gasteiger partial charge in [0.1, 0.15) is 39.7 Å². The molecule has 0 aliphatic carbocycles. The molecule has 0 aromatic heterocycles. The van der Waals surface area contributed by atoms with E-state index in [4.69, 9.17) is 0 Å². The van der Waals surface area contributed by atoms with E-state index in [1.165, 1.54) is 0 Å². The maximum Gasteiger partial charge on any atom is 0.113 e. The van der Waals surface area contributed by atoms with Crippen molar-refractivity contribution in [3.63, 3.8) is 0 Å². The van der Waals surface area contributed by atoms with E-state index in [2.05, 4.69) is 125 Å². The lowest BCUT2D eigenvalue weighted by atomic mass is 9.70. The zero-order valence-corrected chi connectivity index (χ0v) is 59.6. The summed E-state index contributed by atoms with van der Waals surface area (Å²) in [6, 6.07) is 0. The minimum absolute atomic E-state index is 0.136. The van der Waals surface area contributed by atoms with Crippen molar-refractivity contribution in [3.8, 4) is 0 Å². The van der Waals surface area contributed by atoms with Crippen LogP contribution in [0, 0.1) is 58.2 Å². The number of hydrogen-bond acceptors (Lipinski definition) is 0. The quantitative estimate of drug-likeness (QED) is 0.0607. The second kappa shape index (κ2) is 45.0. The maximum atomic E-state index is 14.3. The lowest BCUT2D eigenvalue weighted by Gasteiger charge is -2.39. The highest BCUT2D eigenvalue weighted by Gasteiger charge is 2.43. The summed E-state index contributed by atoms with van der Waals surface area (Å²) in [5.41, 5.74) is -7.03. The molecule has 0 rings (SSSR count). The first-order valence-corrected chi connectivity index (χ1v) is 33.1. The number of rotatable bonds is 31. The Morgan fingerprint density at radius 3 is 0.679 bits per heavy atom. The number of alkyl halides is 7. The first kappa shape index (κ1) is 91.3. The van der Waals surface area contributed by atoms with Gasteiger partial charge in [0.25, 0.3) is 0 Å². The van der Waals surface area contributed by atoms with E-state index < -0.39 is 39.7 Å². The standard InChI is InChI=1S/C12H25F.2C11H23F.2C10H21F.C9H19F.C8H17F/c1-7-8-12(6,13)11(9(2)3)10(4)5;1-7-11(6,12)10(8(2)3)9(4)5;1-6-9-11(5,12)10(4,7-2)8-3;1-6-9(4,7-2)10(5,11)8-3;1-5-8-10(4,11)9(6-2)7-3;1-5-8(6-2)9(4,10)7-3;1-4-6-8(3,9)7-5-2/h9-11H,7-8H2,1-6H3;8-10H,7H2,1-6H3;6-9H2,1-5H3;6-8H2,1-5H3;9H,5-8H2,1-4H3;8H,5-7H2,1-4H3;4-7H2,1-3H3. The summed E-state index contributed by atoms with van der Waals surface area (Å²) in [5, 5.41) is 0. The molecular formula is C71H149F7. The van der Waals surface area contributed by atoms with Gasteiger partial charge in [-0.2, -0.15) is 0 Å². The van der Waals surface area contributed by atoms with Gasteiger partial charge in [-0.05, 0) is 173 Å². The van der Waals surface area contributed by atoms with Crippen molar-refractivity contribution < 1.29 is 30.7 Å². The Morgan fingerprint density at radius 1 is 0.256 bits per heavy atom. The van der Waals surface area contributed by atoms with Gasteiger partial charge in [-0.3, -0.25) is 0 Å². The summed E-state index contributed by atoms with van der Waals surface area (Å²) >= 11 is 0. The van der Waals surface area contributed by atoms with Gasteiger partial charge >= 0.3 is 0 Å². The van der Waals surface area contributed by atoms with Crippen LogP contribution in [0.4, 0.5) is 30.7 Å². The van der Waals surface area contributed by atoms with Crippen LogP contribution in [0.25, 0.3) is 0 Å². The number of hydrogen-bond donors (Lipinski definition) is 0. The van der Waals surface area contributed by atoms with Crippen LogP contribution in [0.5, 0.6) is 0 Å². The predicted octanol–water partition coefficient (Wildman–Crippen LogP) is 27.6. The molecule has 0 amide bonds. The zero-order chi connectivity index (χ0) is 64.0. The third-order valence-electron chi connectivity index (χ3n) is 19.4. The lowest BCUT2D eigenvalue weighted by Crippen LogP contribution is -2.39. The molecule has 7 heteroatoms. The van der Waals surface area contributed by atoms with Gasteiger partial charge < -0.3 is 0 Å². The van der Waals surface area contributed by atoms with Crippen molar-refractivity contribution >= 4 is 0 Å². The first-order chi connectivity index (χ1) is 35.3. The normalized spacial score (nSPS) is 16.8. The summed E-state index contributed by atoms with van der Waals surface area (Å²) in [7, 11) is 0. The van der Waals surface area contributed by atoms with Crippen molar-refractivity contribution in [1.29, 1.82) is 0 Å². The average Bonchev–Trinajstić information content (AvgIpc) is 3.31. The van der Waals surface area contributed by atoms with Crippen molar-refractivity contribution in [2.45, 2.75) is 403 Å². The van der Waals surface area contributed by atoms with Crippen LogP contribution in [0.1, 0.15) is 363 Å². The lowest BCUT2D eigenvalue weighted by molar-refractivity contribution is 0.00460. The maximum absolute atomic E-state index is 14.3. The van der Waals surface area contributed by atoms with Gasteiger partial charge in [-0.25, -0.2) is 30.7 Å². The topological polar surface area (TPSA) is 0 Å². The van der Waals surface area contributed by atoms with Crippen LogP contribution in [-0.2, 0) is 0 Å². The highest BCUT2D eigenvalue weighted by Crippen LogP contribution is 2.45. The van der Waals surface area contributed by atoms with E-state index in [-0.39, 0.29) is 34.5 Å². The van der Waals surface area contributed by atoms with Crippen LogP contribution >= 0.6 is 0 Å². The highest BCUT2D eigenvalue weighted by molar-refractivity contribution is 4.92. The fraction of sp³-hybridized carbons (Fsp3) is 1.00. The Labute approximate surface area is 489 Å². The van der Waals surface area contributed by atoms with Crippen LogP contribution in [0.15, 0.2) is 0 Å². The second-order valence-corrected chi connectivity index (χ2v) is 27.3. The smallest absolute Gasteiger partial charge is 0.113 e. The summed E-state index contributed by atoms with van der Waals surface area (Å²) in [4.78, 5) is 0. The van der Waals surface area contributed by atoms with E-state index >= 15 is 0 Å². The van der Waals surface area contributed by atoms with E-state index in [0.717, 1.165) is 83.5 Å². The minimum Gasteiger partial charge on any atom is -0.244 e. The minimum atomic E-state index is -1.00. The molecule has 0 nitrogen and oxygen atoms in total. The summed E-state index contributed by atoms with van der Waals surface area (Å²) < 4.78 is 96.6. The van der Waals surface area contributed by atoms with Gasteiger partial charge in [0.15, 0.2) is 0 Å². The van der Waals surface area contributed by atoms with Crippen molar-refractivity contribution in [1.82, 2.24) is 0 Å². The van der Waals surface area contributed by atoms with Gasteiger partial charge in [0, 0.05) is 10.8 Å². The van der Waals surface area contributed by atoms with Gasteiger partial charge in [0.05, 0.1) is 0 Å². The highest BCUT2D eigenvalue weighted by atomic mass is 19.2. The molecular weight excluding hydrogens is 986 g/mol. The summed E-state index contributed by atoms with van der Waals surface area (Å²) in [5.74, 6) is 2.60. The third-order valence-corrected chi connectivity index (χ3v) is 19.4. The molecule has 0 aliphatic rings. The molecule has 0 aliphatic heterocycles. The largest absolute Gasteiger partial charge is 0.244 e. The molecule has 0 fully saturated rings. The van der Waals surface area contributed by atoms with Gasteiger partial charge in [-0.1, -0.05) is 238 Å². The van der Waals surface area contributed by atoms with E-state index in [0.29, 0.717) is 75.0 Å². The van der Waals surface area contributed by atoms with E-state index in [9.17, 15) is 30.7 Å². The fourth-order valence-corrected chi connectivity index (χ4v) is 12.8. The van der Waals surface area contributed by atoms with Crippen molar-refractivity contribution in [3.05, 3.63) is 0 Å². The van der Waals surface area contributed by atoms with Crippen LogP contribution in [0.2, 0.25) is 0 Å². The Bertz CT molecular complexity index is 1270. The molecule has 78 heavy (non-hydrogen) atoms. The first-order valence-electron chi connectivity index (χ1n) is 33.1. The summed E-state index contributed by atoms with van der Waals surface area (Å²) in [6.45, 7) is 65.6. The number of halogens is 7. The van der Waals surface area contributed by atoms with Crippen LogP contribution in [-0.4, -0.2) is 39.7 Å². The molecule has 0 radical (unpaired) electrons. The molecule has 0 aromatic carbocycles. The SMILES string of the molecule is CCC(C)(F)C(C(C)C)C(C)C.CCC(C)(F)C(C)(CC)CC.CCC(CC)C(C)(F)CC.CCCC(C)(F)C(C(C)C)C(C)C.CCCC(C)(F)C(C)(CC)CC.CCCC(C)(F)C(CC)CC.CCCC(C)(F)CCC. The molecule has 482 valence electrons. The Balaban J connectivity index is -0.000000151. The fourth-order valence-electron chi connectivity index (χ4n) is 12.8. The molecule has 0 bridgehead atoms. The molecule has 6 atom stereocenters. The van der Waals surface area contributed by atoms with Crippen LogP contribution in [0.3, 0.4) is 0 Å². The third kappa shape index (κ3) is 37.0.